The normalized spacial score (nSPS) is 24.6. The molecule has 0 aromatic heterocycles. The van der Waals surface area contributed by atoms with Crippen molar-refractivity contribution in [2.24, 2.45) is 0 Å². The van der Waals surface area contributed by atoms with Gasteiger partial charge in [-0.2, -0.15) is 0 Å². The van der Waals surface area contributed by atoms with E-state index in [1.54, 1.807) is 6.82 Å². The van der Waals surface area contributed by atoms with E-state index in [-0.39, 0.29) is 11.3 Å². The Kier molecular flexibility index (Phi) is 3.34. The quantitative estimate of drug-likeness (QED) is 0.805. The Morgan fingerprint density at radius 2 is 2.00 bits per heavy atom. The van der Waals surface area contributed by atoms with E-state index < -0.39 is 13.0 Å². The van der Waals surface area contributed by atoms with Gasteiger partial charge in [-0.15, -0.1) is 0 Å². The van der Waals surface area contributed by atoms with Crippen LogP contribution >= 0.6 is 0 Å². The minimum atomic E-state index is -0.715. The molecule has 0 bridgehead atoms. The van der Waals surface area contributed by atoms with Crippen LogP contribution in [0.1, 0.15) is 36.3 Å². The molecule has 1 spiro atoms. The van der Waals surface area contributed by atoms with Gasteiger partial charge in [0.25, 0.3) is 0 Å². The van der Waals surface area contributed by atoms with E-state index in [1.807, 2.05) is 18.2 Å². The lowest BCUT2D eigenvalue weighted by molar-refractivity contribution is -0.139. The third-order valence-electron chi connectivity index (χ3n) is 5.08. The highest BCUT2D eigenvalue weighted by Crippen LogP contribution is 2.51. The van der Waals surface area contributed by atoms with Crippen LogP contribution in [0, 0.1) is 0 Å². The van der Waals surface area contributed by atoms with Crippen LogP contribution in [0.15, 0.2) is 24.3 Å². The molecule has 0 amide bonds. The number of benzene rings is 1. The van der Waals surface area contributed by atoms with Gasteiger partial charge < -0.3 is 14.9 Å². The Labute approximate surface area is 119 Å². The molecule has 1 heterocycles. The van der Waals surface area contributed by atoms with Gasteiger partial charge in [0.1, 0.15) is 0 Å². The van der Waals surface area contributed by atoms with Crippen LogP contribution in [0.25, 0.3) is 0 Å². The lowest BCUT2D eigenvalue weighted by atomic mass is 9.70. The zero-order valence-electron chi connectivity index (χ0n) is 11.7. The molecule has 1 fully saturated rings. The summed E-state index contributed by atoms with van der Waals surface area (Å²) >= 11 is 0. The summed E-state index contributed by atoms with van der Waals surface area (Å²) in [4.78, 5) is 13.6. The Morgan fingerprint density at radius 3 is 2.60 bits per heavy atom. The van der Waals surface area contributed by atoms with Gasteiger partial charge in [0, 0.05) is 0 Å². The van der Waals surface area contributed by atoms with Gasteiger partial charge in [-0.1, -0.05) is 24.3 Å². The van der Waals surface area contributed by atoms with Crippen LogP contribution < -0.4 is 0 Å². The largest absolute Gasteiger partial charge is 0.481 e. The first kappa shape index (κ1) is 13.6. The first-order valence-corrected chi connectivity index (χ1v) is 7.28. The summed E-state index contributed by atoms with van der Waals surface area (Å²) in [5.41, 5.74) is 2.20. The van der Waals surface area contributed by atoms with Crippen molar-refractivity contribution in [2.75, 3.05) is 13.1 Å². The minimum absolute atomic E-state index is 0.00889. The molecule has 5 heteroatoms. The zero-order chi connectivity index (χ0) is 14.3. The van der Waals surface area contributed by atoms with E-state index in [2.05, 4.69) is 10.9 Å². The van der Waals surface area contributed by atoms with E-state index in [9.17, 15) is 14.9 Å². The molecule has 2 N–H and O–H groups in total. The molecule has 1 atom stereocenters. The fraction of sp³-hybridized carbons (Fsp3) is 0.533. The van der Waals surface area contributed by atoms with Gasteiger partial charge in [0.2, 0.25) is 0 Å². The highest BCUT2D eigenvalue weighted by atomic mass is 16.4. The third kappa shape index (κ3) is 2.05. The fourth-order valence-corrected chi connectivity index (χ4v) is 3.91. The molecule has 1 aliphatic carbocycles. The Bertz CT molecular complexity index is 524. The molecule has 0 saturated carbocycles. The average molecular weight is 273 g/mol. The maximum absolute atomic E-state index is 11.5. The van der Waals surface area contributed by atoms with Crippen molar-refractivity contribution < 1.29 is 14.9 Å². The van der Waals surface area contributed by atoms with Crippen molar-refractivity contribution in [3.8, 4) is 0 Å². The van der Waals surface area contributed by atoms with Crippen LogP contribution in [-0.2, 0) is 10.2 Å². The predicted molar refractivity (Wildman–Crippen MR) is 77.8 cm³/mol. The van der Waals surface area contributed by atoms with Crippen LogP contribution in [0.3, 0.4) is 0 Å². The van der Waals surface area contributed by atoms with E-state index in [1.165, 1.54) is 5.56 Å². The molecule has 4 nitrogen and oxygen atoms in total. The second-order valence-electron chi connectivity index (χ2n) is 6.13. The number of fused-ring (bicyclic) bond motifs is 2. The predicted octanol–water partition coefficient (Wildman–Crippen LogP) is 1.70. The fourth-order valence-electron chi connectivity index (χ4n) is 3.91. The van der Waals surface area contributed by atoms with Crippen molar-refractivity contribution in [3.05, 3.63) is 35.4 Å². The average Bonchev–Trinajstić information content (AvgIpc) is 2.75. The van der Waals surface area contributed by atoms with E-state index >= 15 is 0 Å². The maximum Gasteiger partial charge on any atom is 0.376 e. The van der Waals surface area contributed by atoms with Crippen molar-refractivity contribution >= 4 is 13.0 Å². The summed E-state index contributed by atoms with van der Waals surface area (Å²) in [6.45, 7) is 3.46. The van der Waals surface area contributed by atoms with Gasteiger partial charge in [-0.05, 0) is 55.7 Å². The number of carboxylic acids is 1. The zero-order valence-corrected chi connectivity index (χ0v) is 11.7. The van der Waals surface area contributed by atoms with Crippen molar-refractivity contribution in [2.45, 2.75) is 37.4 Å². The SMILES string of the molecule is CB(O)N1CCC2(CC1)C[C@@H](C(=O)O)c1ccccc12. The molecule has 106 valence electrons. The van der Waals surface area contributed by atoms with Gasteiger partial charge in [0.05, 0.1) is 5.92 Å². The standard InChI is InChI=1S/C15H20BNO3/c1-16(20)17-8-6-15(7-9-17)10-12(14(18)19)11-4-2-3-5-13(11)15/h2-5,12,20H,6-10H2,1H3,(H,18,19)/t12-/m1/s1. The lowest BCUT2D eigenvalue weighted by Gasteiger charge is -2.40. The van der Waals surface area contributed by atoms with Crippen molar-refractivity contribution in [1.82, 2.24) is 4.81 Å². The number of hydrogen-bond acceptors (Lipinski definition) is 3. The van der Waals surface area contributed by atoms with E-state index in [4.69, 9.17) is 0 Å². The van der Waals surface area contributed by atoms with E-state index in [0.29, 0.717) is 6.42 Å². The first-order chi connectivity index (χ1) is 9.53. The molecule has 20 heavy (non-hydrogen) atoms. The van der Waals surface area contributed by atoms with Gasteiger partial charge in [-0.25, -0.2) is 0 Å². The number of carboxylic acid groups (broad SMARTS) is 1. The maximum atomic E-state index is 11.5. The van der Waals surface area contributed by atoms with Gasteiger partial charge in [-0.3, -0.25) is 4.79 Å². The molecular weight excluding hydrogens is 253 g/mol. The number of hydrogen-bond donors (Lipinski definition) is 2. The number of nitrogens with zero attached hydrogens (tertiary/aromatic N) is 1. The van der Waals surface area contributed by atoms with E-state index in [0.717, 1.165) is 31.5 Å². The number of rotatable bonds is 2. The second kappa shape index (κ2) is 4.90. The highest BCUT2D eigenvalue weighted by Gasteiger charge is 2.47. The van der Waals surface area contributed by atoms with Crippen LogP contribution in [-0.4, -0.2) is 41.1 Å². The topological polar surface area (TPSA) is 60.8 Å². The Hall–Kier alpha value is -1.33. The van der Waals surface area contributed by atoms with Crippen LogP contribution in [0.2, 0.25) is 6.82 Å². The molecule has 3 rings (SSSR count). The molecule has 2 aliphatic rings. The lowest BCUT2D eigenvalue weighted by Crippen LogP contribution is -2.47. The summed E-state index contributed by atoms with van der Waals surface area (Å²) in [7, 11) is -0.417. The summed E-state index contributed by atoms with van der Waals surface area (Å²) in [6, 6.07) is 7.99. The Morgan fingerprint density at radius 1 is 1.35 bits per heavy atom. The monoisotopic (exact) mass is 273 g/mol. The minimum Gasteiger partial charge on any atom is -0.481 e. The van der Waals surface area contributed by atoms with Gasteiger partial charge >= 0.3 is 13.0 Å². The number of aliphatic carboxylic acids is 1. The number of carbonyl (C=O) groups is 1. The molecule has 1 saturated heterocycles. The molecule has 0 unspecified atom stereocenters. The molecule has 1 aromatic rings. The second-order valence-corrected chi connectivity index (χ2v) is 6.13. The van der Waals surface area contributed by atoms with Crippen molar-refractivity contribution in [1.29, 1.82) is 0 Å². The molecular formula is C15H20BNO3. The molecule has 0 radical (unpaired) electrons. The first-order valence-electron chi connectivity index (χ1n) is 7.28. The summed E-state index contributed by atoms with van der Waals surface area (Å²) in [5.74, 6) is -1.09. The smallest absolute Gasteiger partial charge is 0.376 e. The number of piperidine rings is 1. The highest BCUT2D eigenvalue weighted by molar-refractivity contribution is 6.45. The summed E-state index contributed by atoms with van der Waals surface area (Å²) in [6.07, 6.45) is 2.56. The molecule has 1 aliphatic heterocycles. The van der Waals surface area contributed by atoms with Crippen LogP contribution in [0.5, 0.6) is 0 Å². The molecule has 1 aromatic carbocycles. The third-order valence-corrected chi connectivity index (χ3v) is 5.08. The van der Waals surface area contributed by atoms with Gasteiger partial charge in [0.15, 0.2) is 0 Å². The van der Waals surface area contributed by atoms with Crippen LogP contribution in [0.4, 0.5) is 0 Å². The summed E-state index contributed by atoms with van der Waals surface area (Å²) < 4.78 is 0. The Balaban J connectivity index is 1.91. The van der Waals surface area contributed by atoms with Crippen molar-refractivity contribution in [3.63, 3.8) is 0 Å². The summed E-state index contributed by atoms with van der Waals surface area (Å²) in [5, 5.41) is 19.1.